The first-order chi connectivity index (χ1) is 18.5. The third-order valence-electron chi connectivity index (χ3n) is 7.27. The van der Waals surface area contributed by atoms with Crippen molar-refractivity contribution in [2.75, 3.05) is 7.11 Å². The molecule has 0 saturated heterocycles. The summed E-state index contributed by atoms with van der Waals surface area (Å²) in [6.07, 6.45) is -2.45. The molecule has 0 bridgehead atoms. The number of pyridine rings is 1. The van der Waals surface area contributed by atoms with Gasteiger partial charge in [-0.2, -0.15) is 0 Å². The summed E-state index contributed by atoms with van der Waals surface area (Å²) in [5.41, 5.74) is -1.17. The number of fused-ring (bicyclic) bond motifs is 5. The fourth-order valence-corrected chi connectivity index (χ4v) is 5.26. The van der Waals surface area contributed by atoms with Gasteiger partial charge in [0, 0.05) is 30.6 Å². The maximum Gasteiger partial charge on any atom is 0.336 e. The van der Waals surface area contributed by atoms with Gasteiger partial charge >= 0.3 is 5.63 Å². The normalized spacial score (nSPS) is 18.2. The molecule has 10 nitrogen and oxygen atoms in total. The summed E-state index contributed by atoms with van der Waals surface area (Å²) >= 11 is 0. The number of aliphatic hydroxyl groups is 1. The molecule has 1 aliphatic rings. The Bertz CT molecular complexity index is 1940. The first kappa shape index (κ1) is 24.6. The largest absolute Gasteiger partial charge is 0.507 e. The molecule has 3 heterocycles. The van der Waals surface area contributed by atoms with E-state index in [1.165, 1.54) is 31.4 Å². The highest BCUT2D eigenvalue weighted by Crippen LogP contribution is 2.48. The lowest BCUT2D eigenvalue weighted by Crippen LogP contribution is -2.50. The molecule has 2 aromatic heterocycles. The molecule has 10 heteroatoms. The van der Waals surface area contributed by atoms with E-state index in [9.17, 15) is 24.9 Å². The van der Waals surface area contributed by atoms with Crippen molar-refractivity contribution in [1.29, 1.82) is 0 Å². The summed E-state index contributed by atoms with van der Waals surface area (Å²) in [7, 11) is 3.09. The lowest BCUT2D eigenvalue weighted by Gasteiger charge is -2.41. The standard InChI is InChI=1S/C29H25NO9/c1-29(2)28(35)27(22-19(39-29)9-5-13-6-10-20(33)37-25(13)22)38-26-17(31)8-7-15-23(26)30(3)16-11-14(36-4)12-18(32)21(16)24(15)34/h5-12,27-28,31-32,35H,1-4H3/t27?,28-/m0/s1. The zero-order valence-electron chi connectivity index (χ0n) is 21.5. The Kier molecular flexibility index (Phi) is 5.31. The van der Waals surface area contributed by atoms with E-state index in [-0.39, 0.29) is 39.1 Å². The summed E-state index contributed by atoms with van der Waals surface area (Å²) in [5, 5.41) is 33.9. The number of hydrogen-bond donors (Lipinski definition) is 3. The van der Waals surface area contributed by atoms with Crippen LogP contribution in [0.3, 0.4) is 0 Å². The molecule has 0 radical (unpaired) electrons. The van der Waals surface area contributed by atoms with Gasteiger partial charge in [0.15, 0.2) is 17.6 Å². The SMILES string of the molecule is COc1cc(O)c2c(=O)c3ccc(O)c(OC4c5c(ccc6ccc(=O)oc56)OC(C)(C)[C@H]4O)c3n(C)c2c1. The zero-order valence-corrected chi connectivity index (χ0v) is 21.5. The minimum Gasteiger partial charge on any atom is -0.507 e. The number of rotatable bonds is 3. The van der Waals surface area contributed by atoms with Crippen molar-refractivity contribution in [3.05, 3.63) is 74.7 Å². The summed E-state index contributed by atoms with van der Waals surface area (Å²) < 4.78 is 24.8. The number of aromatic hydroxyl groups is 2. The average molecular weight is 532 g/mol. The molecule has 3 N–H and O–H groups in total. The molecule has 6 rings (SSSR count). The fraction of sp³-hybridized carbons (Fsp3) is 0.241. The number of aromatic nitrogens is 1. The first-order valence-electron chi connectivity index (χ1n) is 12.2. The van der Waals surface area contributed by atoms with Crippen molar-refractivity contribution >= 4 is 32.8 Å². The van der Waals surface area contributed by atoms with Crippen LogP contribution in [0.2, 0.25) is 0 Å². The van der Waals surface area contributed by atoms with E-state index in [1.54, 1.807) is 49.7 Å². The molecule has 39 heavy (non-hydrogen) atoms. The zero-order chi connectivity index (χ0) is 27.8. The van der Waals surface area contributed by atoms with Crippen molar-refractivity contribution < 1.29 is 33.9 Å². The van der Waals surface area contributed by atoms with Crippen molar-refractivity contribution in [3.63, 3.8) is 0 Å². The summed E-state index contributed by atoms with van der Waals surface area (Å²) in [4.78, 5) is 25.7. The van der Waals surface area contributed by atoms with Crippen molar-refractivity contribution in [2.45, 2.75) is 31.7 Å². The third kappa shape index (κ3) is 3.59. The number of ether oxygens (including phenoxy) is 3. The number of hydrogen-bond acceptors (Lipinski definition) is 9. The molecule has 0 fully saturated rings. The van der Waals surface area contributed by atoms with Gasteiger partial charge in [-0.3, -0.25) is 4.79 Å². The summed E-state index contributed by atoms with van der Waals surface area (Å²) in [6, 6.07) is 12.0. The number of nitrogens with zero attached hydrogens (tertiary/aromatic N) is 1. The Hall–Kier alpha value is -4.70. The third-order valence-corrected chi connectivity index (χ3v) is 7.27. The van der Waals surface area contributed by atoms with E-state index >= 15 is 0 Å². The van der Waals surface area contributed by atoms with Crippen molar-refractivity contribution in [3.8, 4) is 28.7 Å². The number of methoxy groups -OCH3 is 1. The van der Waals surface area contributed by atoms with E-state index < -0.39 is 28.9 Å². The average Bonchev–Trinajstić information content (AvgIpc) is 2.89. The van der Waals surface area contributed by atoms with Crippen LogP contribution >= 0.6 is 0 Å². The Morgan fingerprint density at radius 2 is 1.74 bits per heavy atom. The van der Waals surface area contributed by atoms with Crippen LogP contribution in [-0.2, 0) is 7.05 Å². The number of aliphatic hydroxyl groups excluding tert-OH is 1. The molecule has 0 spiro atoms. The molecular formula is C29H25NO9. The number of aryl methyl sites for hydroxylation is 1. The smallest absolute Gasteiger partial charge is 0.336 e. The summed E-state index contributed by atoms with van der Waals surface area (Å²) in [6.45, 7) is 3.37. The fourth-order valence-electron chi connectivity index (χ4n) is 5.26. The van der Waals surface area contributed by atoms with E-state index in [4.69, 9.17) is 18.6 Å². The highest BCUT2D eigenvalue weighted by molar-refractivity contribution is 6.00. The number of phenolic OH excluding ortho intramolecular Hbond substituents is 2. The topological polar surface area (TPSA) is 141 Å². The van der Waals surface area contributed by atoms with Gasteiger partial charge in [-0.05, 0) is 44.2 Å². The van der Waals surface area contributed by atoms with Gasteiger partial charge in [0.25, 0.3) is 0 Å². The lowest BCUT2D eigenvalue weighted by molar-refractivity contribution is -0.102. The molecule has 3 aromatic carbocycles. The maximum absolute atomic E-state index is 13.5. The summed E-state index contributed by atoms with van der Waals surface area (Å²) in [5.74, 6) is 0.0438. The highest BCUT2D eigenvalue weighted by atomic mass is 16.5. The van der Waals surface area contributed by atoms with Gasteiger partial charge in [0.2, 0.25) is 5.43 Å². The molecule has 0 saturated carbocycles. The second kappa shape index (κ2) is 8.40. The van der Waals surface area contributed by atoms with Crippen LogP contribution in [0.25, 0.3) is 32.8 Å². The first-order valence-corrected chi connectivity index (χ1v) is 12.2. The minimum atomic E-state index is -1.28. The lowest BCUT2D eigenvalue weighted by atomic mass is 9.87. The van der Waals surface area contributed by atoms with Gasteiger partial charge in [0.05, 0.1) is 34.5 Å². The van der Waals surface area contributed by atoms with E-state index in [0.717, 1.165) is 0 Å². The molecule has 2 atom stereocenters. The molecule has 1 aliphatic heterocycles. The quantitative estimate of drug-likeness (QED) is 0.234. The van der Waals surface area contributed by atoms with Gasteiger partial charge in [0.1, 0.15) is 34.5 Å². The highest BCUT2D eigenvalue weighted by Gasteiger charge is 2.46. The molecule has 200 valence electrons. The van der Waals surface area contributed by atoms with E-state index in [0.29, 0.717) is 28.0 Å². The Morgan fingerprint density at radius 3 is 2.49 bits per heavy atom. The second-order valence-corrected chi connectivity index (χ2v) is 10.1. The molecule has 0 amide bonds. The van der Waals surface area contributed by atoms with Crippen LogP contribution in [0, 0.1) is 0 Å². The second-order valence-electron chi connectivity index (χ2n) is 10.1. The predicted molar refractivity (Wildman–Crippen MR) is 143 cm³/mol. The van der Waals surface area contributed by atoms with E-state index in [1.807, 2.05) is 0 Å². The predicted octanol–water partition coefficient (Wildman–Crippen LogP) is 3.87. The minimum absolute atomic E-state index is 0.0767. The van der Waals surface area contributed by atoms with Crippen LogP contribution < -0.4 is 25.3 Å². The van der Waals surface area contributed by atoms with Crippen LogP contribution in [0.4, 0.5) is 0 Å². The Balaban J connectivity index is 1.66. The van der Waals surface area contributed by atoms with Gasteiger partial charge in [-0.25, -0.2) is 4.79 Å². The van der Waals surface area contributed by atoms with Gasteiger partial charge in [-0.1, -0.05) is 0 Å². The van der Waals surface area contributed by atoms with Gasteiger partial charge in [-0.15, -0.1) is 0 Å². The monoisotopic (exact) mass is 531 g/mol. The van der Waals surface area contributed by atoms with Crippen molar-refractivity contribution in [1.82, 2.24) is 4.57 Å². The van der Waals surface area contributed by atoms with E-state index in [2.05, 4.69) is 0 Å². The molecule has 5 aromatic rings. The number of phenols is 2. The Morgan fingerprint density at radius 1 is 1.00 bits per heavy atom. The van der Waals surface area contributed by atoms with Crippen LogP contribution in [-0.4, -0.2) is 38.7 Å². The van der Waals surface area contributed by atoms with Gasteiger partial charge < -0.3 is 38.5 Å². The molecular weight excluding hydrogens is 506 g/mol. The Labute approximate surface area is 220 Å². The molecule has 0 aliphatic carbocycles. The maximum atomic E-state index is 13.5. The van der Waals surface area contributed by atoms with Crippen molar-refractivity contribution in [2.24, 2.45) is 7.05 Å². The number of benzene rings is 3. The molecule has 1 unspecified atom stereocenters. The van der Waals surface area contributed by atoms with Crippen LogP contribution in [0.1, 0.15) is 25.5 Å². The van der Waals surface area contributed by atoms with Crippen LogP contribution in [0.15, 0.2) is 62.5 Å². The van der Waals surface area contributed by atoms with Crippen LogP contribution in [0.5, 0.6) is 28.7 Å².